The first kappa shape index (κ1) is 13.8. The van der Waals surface area contributed by atoms with Crippen molar-refractivity contribution in [3.63, 3.8) is 0 Å². The van der Waals surface area contributed by atoms with Gasteiger partial charge in [0.1, 0.15) is 0 Å². The summed E-state index contributed by atoms with van der Waals surface area (Å²) in [5.74, 6) is -0.235. The Hall–Kier alpha value is -1.66. The molecule has 1 saturated heterocycles. The monoisotopic (exact) mass is 284 g/mol. The van der Waals surface area contributed by atoms with Crippen molar-refractivity contribution < 1.29 is 14.6 Å². The molecule has 0 aromatic heterocycles. The number of nitrogens with zero attached hydrogens (tertiary/aromatic N) is 2. The number of rotatable bonds is 2. The lowest BCUT2D eigenvalue weighted by Crippen LogP contribution is -3.12. The van der Waals surface area contributed by atoms with Crippen molar-refractivity contribution in [1.82, 2.24) is 4.90 Å². The second-order valence-corrected chi connectivity index (χ2v) is 5.08. The summed E-state index contributed by atoms with van der Waals surface area (Å²) in [5, 5.41) is 11.0. The van der Waals surface area contributed by atoms with Gasteiger partial charge in [-0.25, -0.2) is 0 Å². The van der Waals surface area contributed by atoms with E-state index in [1.165, 1.54) is 23.1 Å². The summed E-state index contributed by atoms with van der Waals surface area (Å²) in [5.41, 5.74) is 0.0860. The van der Waals surface area contributed by atoms with Gasteiger partial charge in [-0.1, -0.05) is 11.6 Å². The van der Waals surface area contributed by atoms with Crippen LogP contribution in [-0.4, -0.2) is 49.0 Å². The summed E-state index contributed by atoms with van der Waals surface area (Å²) in [4.78, 5) is 25.6. The van der Waals surface area contributed by atoms with Crippen molar-refractivity contribution in [3.05, 3.63) is 38.9 Å². The molecule has 1 aromatic rings. The lowest BCUT2D eigenvalue weighted by Gasteiger charge is -2.30. The number of likely N-dealkylation sites (N-methyl/N-ethyl adjacent to an activating group) is 1. The molecule has 0 atom stereocenters. The first-order chi connectivity index (χ1) is 8.99. The normalized spacial score (nSPS) is 16.4. The molecule has 19 heavy (non-hydrogen) atoms. The molecule has 1 heterocycles. The van der Waals surface area contributed by atoms with Gasteiger partial charge in [-0.15, -0.1) is 0 Å². The highest BCUT2D eigenvalue weighted by atomic mass is 35.5. The molecule has 1 N–H and O–H groups in total. The minimum atomic E-state index is -0.527. The number of amides is 1. The Morgan fingerprint density at radius 1 is 1.42 bits per heavy atom. The second-order valence-electron chi connectivity index (χ2n) is 4.67. The molecule has 0 saturated carbocycles. The minimum Gasteiger partial charge on any atom is -0.334 e. The highest BCUT2D eigenvalue weighted by Crippen LogP contribution is 2.23. The van der Waals surface area contributed by atoms with E-state index in [-0.39, 0.29) is 22.2 Å². The Kier molecular flexibility index (Phi) is 4.01. The van der Waals surface area contributed by atoms with Crippen LogP contribution in [0.2, 0.25) is 5.02 Å². The average molecular weight is 285 g/mol. The zero-order chi connectivity index (χ0) is 14.0. The van der Waals surface area contributed by atoms with Crippen LogP contribution in [0.5, 0.6) is 0 Å². The van der Waals surface area contributed by atoms with E-state index in [9.17, 15) is 14.9 Å². The second kappa shape index (κ2) is 5.54. The van der Waals surface area contributed by atoms with Crippen molar-refractivity contribution in [2.75, 3.05) is 33.2 Å². The van der Waals surface area contributed by atoms with Crippen LogP contribution in [0.1, 0.15) is 10.4 Å². The Labute approximate surface area is 115 Å². The molecule has 1 aliphatic rings. The first-order valence-corrected chi connectivity index (χ1v) is 6.41. The molecule has 0 bridgehead atoms. The van der Waals surface area contributed by atoms with Crippen LogP contribution in [0.4, 0.5) is 5.69 Å². The molecule has 0 radical (unpaired) electrons. The van der Waals surface area contributed by atoms with Crippen molar-refractivity contribution in [2.45, 2.75) is 0 Å². The summed E-state index contributed by atoms with van der Waals surface area (Å²) in [7, 11) is 2.07. The topological polar surface area (TPSA) is 67.9 Å². The summed E-state index contributed by atoms with van der Waals surface area (Å²) in [6.45, 7) is 3.03. The van der Waals surface area contributed by atoms with E-state index in [2.05, 4.69) is 7.05 Å². The fraction of sp³-hybridized carbons (Fsp3) is 0.417. The number of carbonyl (C=O) groups excluding carboxylic acids is 1. The summed E-state index contributed by atoms with van der Waals surface area (Å²) < 4.78 is 0. The van der Waals surface area contributed by atoms with Crippen LogP contribution in [0, 0.1) is 10.1 Å². The van der Waals surface area contributed by atoms with Crippen LogP contribution in [0.15, 0.2) is 18.2 Å². The van der Waals surface area contributed by atoms with E-state index in [1.807, 2.05) is 0 Å². The van der Waals surface area contributed by atoms with Crippen LogP contribution in [0.3, 0.4) is 0 Å². The third-order valence-electron chi connectivity index (χ3n) is 3.30. The fourth-order valence-corrected chi connectivity index (χ4v) is 2.25. The summed E-state index contributed by atoms with van der Waals surface area (Å²) in [6, 6.07) is 3.94. The van der Waals surface area contributed by atoms with Crippen molar-refractivity contribution in [2.24, 2.45) is 0 Å². The van der Waals surface area contributed by atoms with E-state index in [1.54, 1.807) is 4.90 Å². The van der Waals surface area contributed by atoms with Crippen molar-refractivity contribution in [1.29, 1.82) is 0 Å². The Bertz CT molecular complexity index is 513. The van der Waals surface area contributed by atoms with Gasteiger partial charge in [0, 0.05) is 12.1 Å². The number of non-ortho nitro benzene ring substituents is 1. The molecule has 2 rings (SSSR count). The number of benzene rings is 1. The fourth-order valence-electron chi connectivity index (χ4n) is 2.05. The number of quaternary nitrogens is 1. The number of nitro groups is 1. The molecular weight excluding hydrogens is 270 g/mol. The number of piperazine rings is 1. The number of hydrogen-bond acceptors (Lipinski definition) is 3. The molecule has 1 aliphatic heterocycles. The molecule has 102 valence electrons. The van der Waals surface area contributed by atoms with E-state index < -0.39 is 4.92 Å². The van der Waals surface area contributed by atoms with Gasteiger partial charge in [-0.2, -0.15) is 0 Å². The lowest BCUT2D eigenvalue weighted by atomic mass is 10.1. The quantitative estimate of drug-likeness (QED) is 0.624. The third kappa shape index (κ3) is 3.02. The standard InChI is InChI=1S/C12H14ClN3O3/c1-14-4-6-15(7-5-14)12(17)10-8-9(16(18)19)2-3-11(10)13/h2-3,8H,4-7H2,1H3/p+1. The Morgan fingerprint density at radius 2 is 2.05 bits per heavy atom. The highest BCUT2D eigenvalue weighted by molar-refractivity contribution is 6.33. The number of nitrogens with one attached hydrogen (secondary N) is 1. The van der Waals surface area contributed by atoms with Gasteiger partial charge in [0.15, 0.2) is 0 Å². The Morgan fingerprint density at radius 3 is 2.63 bits per heavy atom. The molecule has 1 fully saturated rings. The zero-order valence-corrected chi connectivity index (χ0v) is 11.3. The first-order valence-electron chi connectivity index (χ1n) is 6.03. The molecule has 1 amide bonds. The summed E-state index contributed by atoms with van der Waals surface area (Å²) in [6.07, 6.45) is 0. The van der Waals surface area contributed by atoms with Crippen LogP contribution < -0.4 is 4.90 Å². The number of nitro benzene ring substituents is 1. The van der Waals surface area contributed by atoms with Crippen LogP contribution in [-0.2, 0) is 0 Å². The van der Waals surface area contributed by atoms with Gasteiger partial charge in [0.25, 0.3) is 11.6 Å². The Balaban J connectivity index is 2.23. The average Bonchev–Trinajstić information content (AvgIpc) is 2.39. The predicted molar refractivity (Wildman–Crippen MR) is 70.6 cm³/mol. The highest BCUT2D eigenvalue weighted by Gasteiger charge is 2.25. The number of halogens is 1. The molecule has 0 aliphatic carbocycles. The third-order valence-corrected chi connectivity index (χ3v) is 3.62. The van der Waals surface area contributed by atoms with Crippen molar-refractivity contribution in [3.8, 4) is 0 Å². The van der Waals surface area contributed by atoms with E-state index in [4.69, 9.17) is 11.6 Å². The molecule has 0 unspecified atom stereocenters. The molecule has 7 heteroatoms. The SMILES string of the molecule is C[NH+]1CCN(C(=O)c2cc([N+](=O)[O-])ccc2Cl)CC1. The van der Waals surface area contributed by atoms with Crippen molar-refractivity contribution >= 4 is 23.2 Å². The number of hydrogen-bond donors (Lipinski definition) is 1. The molecular formula is C12H15ClN3O3+. The van der Waals surface area contributed by atoms with Crippen LogP contribution >= 0.6 is 11.6 Å². The smallest absolute Gasteiger partial charge is 0.270 e. The molecule has 0 spiro atoms. The maximum Gasteiger partial charge on any atom is 0.270 e. The largest absolute Gasteiger partial charge is 0.334 e. The predicted octanol–water partition coefficient (Wildman–Crippen LogP) is 0.219. The minimum absolute atomic E-state index is 0.118. The van der Waals surface area contributed by atoms with Gasteiger partial charge in [-0.05, 0) is 6.07 Å². The zero-order valence-electron chi connectivity index (χ0n) is 10.6. The molecule has 6 nitrogen and oxygen atoms in total. The molecule has 1 aromatic carbocycles. The number of carbonyl (C=O) groups is 1. The van der Waals surface area contributed by atoms with Crippen LogP contribution in [0.25, 0.3) is 0 Å². The van der Waals surface area contributed by atoms with Gasteiger partial charge in [-0.3, -0.25) is 14.9 Å². The maximum absolute atomic E-state index is 12.3. The lowest BCUT2D eigenvalue weighted by molar-refractivity contribution is -0.883. The van der Waals surface area contributed by atoms with Gasteiger partial charge >= 0.3 is 0 Å². The van der Waals surface area contributed by atoms with E-state index >= 15 is 0 Å². The van der Waals surface area contributed by atoms with Gasteiger partial charge in [0.05, 0.1) is 48.7 Å². The van der Waals surface area contributed by atoms with E-state index in [0.717, 1.165) is 13.1 Å². The van der Waals surface area contributed by atoms with E-state index in [0.29, 0.717) is 13.1 Å². The van der Waals surface area contributed by atoms with Gasteiger partial charge in [0.2, 0.25) is 0 Å². The summed E-state index contributed by atoms with van der Waals surface area (Å²) >= 11 is 5.97. The maximum atomic E-state index is 12.3. The van der Waals surface area contributed by atoms with Gasteiger partial charge < -0.3 is 9.80 Å².